The molecule has 120 valence electrons. The second-order valence-electron chi connectivity index (χ2n) is 5.83. The van der Waals surface area contributed by atoms with Crippen molar-refractivity contribution in [2.24, 2.45) is 0 Å². The van der Waals surface area contributed by atoms with E-state index in [9.17, 15) is 4.79 Å². The molecule has 2 N–H and O–H groups in total. The van der Waals surface area contributed by atoms with E-state index in [0.717, 1.165) is 32.8 Å². The maximum absolute atomic E-state index is 12.4. The molecule has 1 atom stereocenters. The molecular weight excluding hydrogens is 306 g/mol. The molecule has 0 amide bonds. The fraction of sp³-hybridized carbons (Fsp3) is 0.333. The molecule has 4 nitrogen and oxygen atoms in total. The number of hydrogen-bond acceptors (Lipinski definition) is 4. The number of thiophene rings is 1. The molecule has 2 heterocycles. The van der Waals surface area contributed by atoms with Crippen LogP contribution >= 0.6 is 11.3 Å². The topological polar surface area (TPSA) is 57.8 Å². The quantitative estimate of drug-likeness (QED) is 0.749. The molecule has 3 rings (SSSR count). The zero-order chi connectivity index (χ0) is 16.6. The molecule has 1 aromatic carbocycles. The van der Waals surface area contributed by atoms with Gasteiger partial charge in [-0.25, -0.2) is 4.98 Å². The minimum absolute atomic E-state index is 0.0530. The van der Waals surface area contributed by atoms with Crippen LogP contribution in [0.3, 0.4) is 0 Å². The average Bonchev–Trinajstić information content (AvgIpc) is 2.82. The lowest BCUT2D eigenvalue weighted by molar-refractivity contribution is 0.792. The Morgan fingerprint density at radius 1 is 1.35 bits per heavy atom. The van der Waals surface area contributed by atoms with Gasteiger partial charge in [0.1, 0.15) is 10.7 Å². The Morgan fingerprint density at radius 3 is 2.87 bits per heavy atom. The van der Waals surface area contributed by atoms with E-state index in [2.05, 4.69) is 34.3 Å². The van der Waals surface area contributed by atoms with E-state index in [-0.39, 0.29) is 11.6 Å². The maximum Gasteiger partial charge on any atom is 0.259 e. The van der Waals surface area contributed by atoms with Crippen molar-refractivity contribution in [3.63, 3.8) is 0 Å². The summed E-state index contributed by atoms with van der Waals surface area (Å²) in [5, 5.41) is 4.14. The molecule has 23 heavy (non-hydrogen) atoms. The standard InChI is InChI=1S/C18H21N3OS/c1-5-13-7-6-8-14(9-13)19-11(3)16-20-17(22)15-10(2)12(4)23-18(15)21-16/h6-9,11,19H,5H2,1-4H3,(H,20,21,22)/t11-/m1/s1. The van der Waals surface area contributed by atoms with E-state index in [1.54, 1.807) is 11.3 Å². The number of aromatic nitrogens is 2. The number of nitrogens with zero attached hydrogens (tertiary/aromatic N) is 1. The van der Waals surface area contributed by atoms with Crippen LogP contribution in [0.1, 0.15) is 41.7 Å². The molecule has 0 radical (unpaired) electrons. The van der Waals surface area contributed by atoms with Crippen molar-refractivity contribution in [3.8, 4) is 0 Å². The molecule has 0 spiro atoms. The number of aryl methyl sites for hydroxylation is 3. The molecule has 0 saturated carbocycles. The number of rotatable bonds is 4. The van der Waals surface area contributed by atoms with E-state index in [1.807, 2.05) is 32.9 Å². The van der Waals surface area contributed by atoms with Crippen molar-refractivity contribution >= 4 is 27.2 Å². The lowest BCUT2D eigenvalue weighted by atomic mass is 10.1. The predicted molar refractivity (Wildman–Crippen MR) is 97.6 cm³/mol. The van der Waals surface area contributed by atoms with Gasteiger partial charge in [-0.15, -0.1) is 11.3 Å². The van der Waals surface area contributed by atoms with E-state index in [1.165, 1.54) is 5.56 Å². The Bertz CT molecular complexity index is 910. The summed E-state index contributed by atoms with van der Waals surface area (Å²) in [6.45, 7) is 8.15. The van der Waals surface area contributed by atoms with Crippen molar-refractivity contribution in [1.29, 1.82) is 0 Å². The first-order chi connectivity index (χ1) is 11.0. The first-order valence-electron chi connectivity index (χ1n) is 7.85. The summed E-state index contributed by atoms with van der Waals surface area (Å²) in [5.74, 6) is 0.672. The van der Waals surface area contributed by atoms with Crippen LogP contribution in [0.5, 0.6) is 0 Å². The van der Waals surface area contributed by atoms with Crippen LogP contribution < -0.4 is 10.9 Å². The number of benzene rings is 1. The molecule has 5 heteroatoms. The van der Waals surface area contributed by atoms with Crippen LogP contribution in [0.15, 0.2) is 29.1 Å². The van der Waals surface area contributed by atoms with Crippen LogP contribution in [-0.2, 0) is 6.42 Å². The van der Waals surface area contributed by atoms with Gasteiger partial charge in [0.15, 0.2) is 0 Å². The minimum atomic E-state index is -0.0677. The fourth-order valence-corrected chi connectivity index (χ4v) is 3.71. The minimum Gasteiger partial charge on any atom is -0.375 e. The highest BCUT2D eigenvalue weighted by Crippen LogP contribution is 2.27. The zero-order valence-electron chi connectivity index (χ0n) is 13.9. The van der Waals surface area contributed by atoms with E-state index in [4.69, 9.17) is 0 Å². The normalized spacial score (nSPS) is 12.5. The van der Waals surface area contributed by atoms with Gasteiger partial charge in [0, 0.05) is 10.6 Å². The summed E-state index contributed by atoms with van der Waals surface area (Å²) in [6.07, 6.45) is 0.999. The van der Waals surface area contributed by atoms with E-state index >= 15 is 0 Å². The van der Waals surface area contributed by atoms with Crippen molar-refractivity contribution in [1.82, 2.24) is 9.97 Å². The number of anilines is 1. The summed E-state index contributed by atoms with van der Waals surface area (Å²) < 4.78 is 0. The fourth-order valence-electron chi connectivity index (χ4n) is 2.68. The molecule has 0 saturated heterocycles. The van der Waals surface area contributed by atoms with Gasteiger partial charge in [0.2, 0.25) is 0 Å². The van der Waals surface area contributed by atoms with Gasteiger partial charge in [0.25, 0.3) is 5.56 Å². The highest BCUT2D eigenvalue weighted by Gasteiger charge is 2.15. The number of aromatic amines is 1. The van der Waals surface area contributed by atoms with Crippen LogP contribution in [0.4, 0.5) is 5.69 Å². The number of hydrogen-bond donors (Lipinski definition) is 2. The Labute approximate surface area is 139 Å². The highest BCUT2D eigenvalue weighted by molar-refractivity contribution is 7.18. The molecule has 0 unspecified atom stereocenters. The second kappa shape index (κ2) is 6.16. The third-order valence-corrected chi connectivity index (χ3v) is 5.29. The van der Waals surface area contributed by atoms with Crippen molar-refractivity contribution in [2.75, 3.05) is 5.32 Å². The van der Waals surface area contributed by atoms with Crippen LogP contribution in [-0.4, -0.2) is 9.97 Å². The zero-order valence-corrected chi connectivity index (χ0v) is 14.7. The highest BCUT2D eigenvalue weighted by atomic mass is 32.1. The third kappa shape index (κ3) is 3.01. The van der Waals surface area contributed by atoms with Crippen LogP contribution in [0, 0.1) is 13.8 Å². The summed E-state index contributed by atoms with van der Waals surface area (Å²) >= 11 is 1.58. The maximum atomic E-state index is 12.4. The van der Waals surface area contributed by atoms with Gasteiger partial charge in [0.05, 0.1) is 11.4 Å². The average molecular weight is 327 g/mol. The third-order valence-electron chi connectivity index (χ3n) is 4.19. The van der Waals surface area contributed by atoms with Crippen molar-refractivity contribution < 1.29 is 0 Å². The Kier molecular flexibility index (Phi) is 4.22. The monoisotopic (exact) mass is 327 g/mol. The Hall–Kier alpha value is -2.14. The van der Waals surface area contributed by atoms with Crippen molar-refractivity contribution in [2.45, 2.75) is 40.2 Å². The molecular formula is C18H21N3OS. The molecule has 0 aliphatic rings. The number of H-pyrrole nitrogens is 1. The Morgan fingerprint density at radius 2 is 2.13 bits per heavy atom. The molecule has 0 fully saturated rings. The van der Waals surface area contributed by atoms with Gasteiger partial charge in [-0.1, -0.05) is 19.1 Å². The van der Waals surface area contributed by atoms with Gasteiger partial charge in [-0.2, -0.15) is 0 Å². The summed E-state index contributed by atoms with van der Waals surface area (Å²) in [5.41, 5.74) is 3.30. The van der Waals surface area contributed by atoms with Crippen LogP contribution in [0.25, 0.3) is 10.2 Å². The van der Waals surface area contributed by atoms with E-state index in [0.29, 0.717) is 5.82 Å². The molecule has 0 aliphatic carbocycles. The van der Waals surface area contributed by atoms with Gasteiger partial charge in [-0.3, -0.25) is 4.79 Å². The van der Waals surface area contributed by atoms with E-state index < -0.39 is 0 Å². The van der Waals surface area contributed by atoms with Gasteiger partial charge >= 0.3 is 0 Å². The second-order valence-corrected chi connectivity index (χ2v) is 7.04. The predicted octanol–water partition coefficient (Wildman–Crippen LogP) is 4.34. The number of fused-ring (bicyclic) bond motifs is 1. The number of nitrogens with one attached hydrogen (secondary N) is 2. The van der Waals surface area contributed by atoms with Gasteiger partial charge in [-0.05, 0) is 50.5 Å². The molecule has 3 aromatic rings. The summed E-state index contributed by atoms with van der Waals surface area (Å²) in [7, 11) is 0. The molecule has 2 aromatic heterocycles. The lowest BCUT2D eigenvalue weighted by Crippen LogP contribution is -2.17. The van der Waals surface area contributed by atoms with Crippen LogP contribution in [0.2, 0.25) is 0 Å². The molecule has 0 aliphatic heterocycles. The van der Waals surface area contributed by atoms with Crippen molar-refractivity contribution in [3.05, 3.63) is 56.4 Å². The lowest BCUT2D eigenvalue weighted by Gasteiger charge is -2.15. The summed E-state index contributed by atoms with van der Waals surface area (Å²) in [4.78, 5) is 21.9. The summed E-state index contributed by atoms with van der Waals surface area (Å²) in [6, 6.07) is 8.25. The first-order valence-corrected chi connectivity index (χ1v) is 8.66. The first kappa shape index (κ1) is 15.7. The SMILES string of the molecule is CCc1cccc(N[C@H](C)c2nc3sc(C)c(C)c3c(=O)[nH]2)c1. The van der Waals surface area contributed by atoms with Gasteiger partial charge < -0.3 is 10.3 Å². The molecule has 0 bridgehead atoms. The smallest absolute Gasteiger partial charge is 0.259 e. The Balaban J connectivity index is 1.94. The largest absolute Gasteiger partial charge is 0.375 e.